The fourth-order valence-electron chi connectivity index (χ4n) is 3.96. The molecule has 3 rings (SSSR count). The molecule has 2 aliphatic rings. The number of fused-ring (bicyclic) bond motifs is 2. The molecule has 3 unspecified atom stereocenters. The summed E-state index contributed by atoms with van der Waals surface area (Å²) in [5.74, 6) is 0. The van der Waals surface area contributed by atoms with Gasteiger partial charge in [-0.2, -0.15) is 0 Å². The van der Waals surface area contributed by atoms with E-state index in [9.17, 15) is 9.90 Å². The summed E-state index contributed by atoms with van der Waals surface area (Å²) >= 11 is 0. The van der Waals surface area contributed by atoms with Gasteiger partial charge in [0, 0.05) is 18.6 Å². The van der Waals surface area contributed by atoms with Crippen LogP contribution in [0.2, 0.25) is 0 Å². The molecule has 26 heavy (non-hydrogen) atoms. The minimum atomic E-state index is -0.709. The second-order valence-electron chi connectivity index (χ2n) is 8.49. The lowest BCUT2D eigenvalue weighted by molar-refractivity contribution is -0.0847. The highest BCUT2D eigenvalue weighted by atomic mass is 16.6. The zero-order chi connectivity index (χ0) is 18.9. The van der Waals surface area contributed by atoms with Crippen LogP contribution in [0.4, 0.5) is 4.79 Å². The highest BCUT2D eigenvalue weighted by Gasteiger charge is 2.48. The molecular weight excluding hydrogens is 330 g/mol. The van der Waals surface area contributed by atoms with E-state index in [4.69, 9.17) is 10.5 Å². The van der Waals surface area contributed by atoms with Crippen LogP contribution in [-0.2, 0) is 11.2 Å². The third-order valence-electron chi connectivity index (χ3n) is 5.18. The third kappa shape index (κ3) is 4.37. The molecule has 0 spiro atoms. The van der Waals surface area contributed by atoms with Gasteiger partial charge in [-0.05, 0) is 52.0 Å². The summed E-state index contributed by atoms with van der Waals surface area (Å²) in [4.78, 5) is 12.7. The Morgan fingerprint density at radius 1 is 1.27 bits per heavy atom. The molecule has 1 saturated carbocycles. The summed E-state index contributed by atoms with van der Waals surface area (Å²) in [6.07, 6.45) is 2.56. The minimum Gasteiger partial charge on any atom is -0.443 e. The molecule has 6 heteroatoms. The molecule has 1 heterocycles. The van der Waals surface area contributed by atoms with E-state index in [1.165, 1.54) is 0 Å². The number of aliphatic hydroxyl groups is 1. The van der Waals surface area contributed by atoms with Crippen LogP contribution >= 0.6 is 0 Å². The highest BCUT2D eigenvalue weighted by molar-refractivity contribution is 5.68. The van der Waals surface area contributed by atoms with E-state index in [1.54, 1.807) is 5.01 Å². The van der Waals surface area contributed by atoms with Crippen molar-refractivity contribution in [2.75, 3.05) is 6.54 Å². The monoisotopic (exact) mass is 361 g/mol. The lowest BCUT2D eigenvalue weighted by atomic mass is 10.0. The van der Waals surface area contributed by atoms with Crippen LogP contribution in [0.15, 0.2) is 30.3 Å². The van der Waals surface area contributed by atoms with Crippen molar-refractivity contribution in [1.82, 2.24) is 10.0 Å². The number of aliphatic hydroxyl groups excluding tert-OH is 1. The first-order valence-electron chi connectivity index (χ1n) is 9.51. The molecule has 1 saturated heterocycles. The Balaban J connectivity index is 1.63. The summed E-state index contributed by atoms with van der Waals surface area (Å²) in [6.45, 7) is 5.96. The highest BCUT2D eigenvalue weighted by Crippen LogP contribution is 2.38. The fraction of sp³-hybridized carbons (Fsp3) is 0.650. The van der Waals surface area contributed by atoms with Crippen molar-refractivity contribution in [1.29, 1.82) is 0 Å². The average molecular weight is 361 g/mol. The Labute approximate surface area is 155 Å². The van der Waals surface area contributed by atoms with Crippen LogP contribution in [0.5, 0.6) is 0 Å². The average Bonchev–Trinajstić information content (AvgIpc) is 3.15. The Morgan fingerprint density at radius 2 is 1.92 bits per heavy atom. The summed E-state index contributed by atoms with van der Waals surface area (Å²) in [5.41, 5.74) is 6.81. The SMILES string of the molecule is CC(C)(C)OC(=O)N1C2CCC(C2)N1CC(O)[C@@H](N)Cc1ccccc1. The van der Waals surface area contributed by atoms with Gasteiger partial charge >= 0.3 is 6.09 Å². The minimum absolute atomic E-state index is 0.174. The van der Waals surface area contributed by atoms with E-state index in [0.717, 1.165) is 24.8 Å². The van der Waals surface area contributed by atoms with Crippen molar-refractivity contribution in [3.05, 3.63) is 35.9 Å². The van der Waals surface area contributed by atoms with Gasteiger partial charge in [-0.1, -0.05) is 30.3 Å². The van der Waals surface area contributed by atoms with Gasteiger partial charge in [0.15, 0.2) is 0 Å². The second kappa shape index (κ2) is 7.55. The molecule has 1 aliphatic heterocycles. The van der Waals surface area contributed by atoms with Crippen molar-refractivity contribution >= 4 is 6.09 Å². The lowest BCUT2D eigenvalue weighted by Gasteiger charge is -2.40. The molecule has 2 fully saturated rings. The van der Waals surface area contributed by atoms with Gasteiger partial charge < -0.3 is 15.6 Å². The van der Waals surface area contributed by atoms with Crippen LogP contribution in [-0.4, -0.2) is 57.6 Å². The molecule has 144 valence electrons. The zero-order valence-electron chi connectivity index (χ0n) is 16.0. The maximum Gasteiger partial charge on any atom is 0.425 e. The van der Waals surface area contributed by atoms with Crippen molar-refractivity contribution in [2.24, 2.45) is 5.73 Å². The fourth-order valence-corrected chi connectivity index (χ4v) is 3.96. The quantitative estimate of drug-likeness (QED) is 0.841. The molecular formula is C20H31N3O3. The Morgan fingerprint density at radius 3 is 2.58 bits per heavy atom. The molecule has 3 N–H and O–H groups in total. The van der Waals surface area contributed by atoms with Crippen LogP contribution in [0.3, 0.4) is 0 Å². The Hall–Kier alpha value is -1.63. The number of rotatable bonds is 5. The standard InChI is InChI=1S/C20H31N3O3/c1-20(2,3)26-19(25)23-16-10-9-15(12-16)22(23)13-18(24)17(21)11-14-7-5-4-6-8-14/h4-8,15-18,24H,9-13,21H2,1-3H3/t15?,16?,17-,18?/m0/s1. The molecule has 1 amide bonds. The van der Waals surface area contributed by atoms with E-state index in [1.807, 2.05) is 56.1 Å². The van der Waals surface area contributed by atoms with Crippen molar-refractivity contribution in [3.8, 4) is 0 Å². The largest absolute Gasteiger partial charge is 0.443 e. The summed E-state index contributed by atoms with van der Waals surface area (Å²) < 4.78 is 5.57. The number of benzene rings is 1. The van der Waals surface area contributed by atoms with Crippen LogP contribution < -0.4 is 5.73 Å². The maximum absolute atomic E-state index is 12.7. The van der Waals surface area contributed by atoms with Gasteiger partial charge in [0.05, 0.1) is 12.1 Å². The number of nitrogens with two attached hydrogens (primary N) is 1. The number of carbonyl (C=O) groups excluding carboxylic acids is 1. The maximum atomic E-state index is 12.7. The molecule has 1 aromatic carbocycles. The smallest absolute Gasteiger partial charge is 0.425 e. The Bertz CT molecular complexity index is 616. The number of amides is 1. The molecule has 6 nitrogen and oxygen atoms in total. The van der Waals surface area contributed by atoms with E-state index in [2.05, 4.69) is 0 Å². The first-order chi connectivity index (χ1) is 12.2. The molecule has 1 aromatic rings. The van der Waals surface area contributed by atoms with Crippen LogP contribution in [0, 0.1) is 0 Å². The number of hydrogen-bond donors (Lipinski definition) is 2. The third-order valence-corrected chi connectivity index (χ3v) is 5.18. The molecule has 4 atom stereocenters. The van der Waals surface area contributed by atoms with Gasteiger partial charge in [-0.3, -0.25) is 0 Å². The van der Waals surface area contributed by atoms with E-state index >= 15 is 0 Å². The van der Waals surface area contributed by atoms with E-state index < -0.39 is 11.7 Å². The number of carbonyl (C=O) groups is 1. The van der Waals surface area contributed by atoms with Crippen molar-refractivity contribution < 1.29 is 14.6 Å². The van der Waals surface area contributed by atoms with Gasteiger partial charge in [0.1, 0.15) is 5.60 Å². The normalized spacial score (nSPS) is 25.3. The van der Waals surface area contributed by atoms with E-state index in [-0.39, 0.29) is 24.2 Å². The van der Waals surface area contributed by atoms with Crippen LogP contribution in [0.1, 0.15) is 45.6 Å². The Kier molecular flexibility index (Phi) is 5.55. The van der Waals surface area contributed by atoms with Crippen molar-refractivity contribution in [3.63, 3.8) is 0 Å². The van der Waals surface area contributed by atoms with Gasteiger partial charge in [0.25, 0.3) is 0 Å². The molecule has 2 bridgehead atoms. The first-order valence-corrected chi connectivity index (χ1v) is 9.51. The molecule has 1 aliphatic carbocycles. The number of ether oxygens (including phenoxy) is 1. The number of nitrogens with zero attached hydrogens (tertiary/aromatic N) is 2. The number of β-amino-alcohol motifs (C(OH)–C–C–N with tert-alkyl or cyclic N) is 1. The summed E-state index contributed by atoms with van der Waals surface area (Å²) in [5, 5.41) is 14.4. The predicted octanol–water partition coefficient (Wildman–Crippen LogP) is 2.31. The first kappa shape index (κ1) is 19.1. The zero-order valence-corrected chi connectivity index (χ0v) is 16.0. The summed E-state index contributed by atoms with van der Waals surface area (Å²) in [6, 6.07) is 10.0. The molecule has 0 radical (unpaired) electrons. The lowest BCUT2D eigenvalue weighted by Crippen LogP contribution is -2.56. The van der Waals surface area contributed by atoms with Gasteiger partial charge in [-0.15, -0.1) is 0 Å². The van der Waals surface area contributed by atoms with Crippen LogP contribution in [0.25, 0.3) is 0 Å². The second-order valence-corrected chi connectivity index (χ2v) is 8.49. The predicted molar refractivity (Wildman–Crippen MR) is 100 cm³/mol. The van der Waals surface area contributed by atoms with E-state index in [0.29, 0.717) is 13.0 Å². The summed E-state index contributed by atoms with van der Waals surface area (Å²) in [7, 11) is 0. The van der Waals surface area contributed by atoms with Gasteiger partial charge in [0.2, 0.25) is 0 Å². The van der Waals surface area contributed by atoms with Crippen molar-refractivity contribution in [2.45, 2.75) is 76.3 Å². The van der Waals surface area contributed by atoms with Gasteiger partial charge in [-0.25, -0.2) is 14.8 Å². The number of hydrogen-bond acceptors (Lipinski definition) is 5. The number of hydrazine groups is 1. The topological polar surface area (TPSA) is 79.0 Å². The molecule has 0 aromatic heterocycles.